The molecule has 0 aromatic rings. The van der Waals surface area contributed by atoms with Gasteiger partial charge in [0.15, 0.2) is 0 Å². The number of likely N-dealkylation sites (N-methyl/N-ethyl adjacent to an activating group) is 1. The van der Waals surface area contributed by atoms with Crippen LogP contribution in [0.15, 0.2) is 0 Å². The van der Waals surface area contributed by atoms with E-state index in [-0.39, 0.29) is 13.0 Å². The van der Waals surface area contributed by atoms with Gasteiger partial charge in [0.25, 0.3) is 6.43 Å². The van der Waals surface area contributed by atoms with E-state index in [9.17, 15) is 13.6 Å². The molecule has 0 radical (unpaired) electrons. The first-order valence-corrected chi connectivity index (χ1v) is 5.61. The second-order valence-electron chi connectivity index (χ2n) is 4.04. The van der Waals surface area contributed by atoms with Crippen molar-refractivity contribution in [2.75, 3.05) is 20.3 Å². The average Bonchev–Trinajstić information content (AvgIpc) is 2.26. The Morgan fingerprint density at radius 2 is 2.06 bits per heavy atom. The van der Waals surface area contributed by atoms with Crippen LogP contribution in [0.25, 0.3) is 0 Å². The van der Waals surface area contributed by atoms with Gasteiger partial charge in [0.05, 0.1) is 12.7 Å². The number of ether oxygens (including phenoxy) is 2. The molecule has 6 heteroatoms. The van der Waals surface area contributed by atoms with Gasteiger partial charge in [-0.25, -0.2) is 8.78 Å². The molecule has 4 nitrogen and oxygen atoms in total. The minimum Gasteiger partial charge on any atom is -0.465 e. The molecule has 2 atom stereocenters. The number of rotatable bonds is 8. The molecule has 102 valence electrons. The maximum absolute atomic E-state index is 12.0. The first kappa shape index (κ1) is 16.2. The first-order chi connectivity index (χ1) is 7.85. The van der Waals surface area contributed by atoms with Gasteiger partial charge in [-0.3, -0.25) is 4.79 Å². The summed E-state index contributed by atoms with van der Waals surface area (Å²) in [4.78, 5) is 11.7. The van der Waals surface area contributed by atoms with Gasteiger partial charge in [-0.15, -0.1) is 0 Å². The summed E-state index contributed by atoms with van der Waals surface area (Å²) in [5, 5.41) is 2.84. The Labute approximate surface area is 101 Å². The zero-order valence-corrected chi connectivity index (χ0v) is 10.8. The number of hydrogen-bond donors (Lipinski definition) is 1. The minimum atomic E-state index is -2.50. The van der Waals surface area contributed by atoms with Crippen molar-refractivity contribution in [1.82, 2.24) is 5.32 Å². The molecule has 0 saturated carbocycles. The van der Waals surface area contributed by atoms with E-state index < -0.39 is 30.6 Å². The largest absolute Gasteiger partial charge is 0.465 e. The van der Waals surface area contributed by atoms with E-state index in [0.29, 0.717) is 0 Å². The third kappa shape index (κ3) is 5.93. The minimum absolute atomic E-state index is 0.273. The highest BCUT2D eigenvalue weighted by molar-refractivity contribution is 5.80. The highest BCUT2D eigenvalue weighted by atomic mass is 19.3. The molecule has 0 amide bonds. The van der Waals surface area contributed by atoms with E-state index in [2.05, 4.69) is 5.32 Å². The predicted molar refractivity (Wildman–Crippen MR) is 60.1 cm³/mol. The summed E-state index contributed by atoms with van der Waals surface area (Å²) in [5.74, 6) is -0.407. The molecule has 0 heterocycles. The lowest BCUT2D eigenvalue weighted by molar-refractivity contribution is -0.152. The van der Waals surface area contributed by atoms with Gasteiger partial charge >= 0.3 is 5.97 Å². The summed E-state index contributed by atoms with van der Waals surface area (Å²) in [5.41, 5.74) is -0.919. The first-order valence-electron chi connectivity index (χ1n) is 5.61. The van der Waals surface area contributed by atoms with E-state index in [1.165, 1.54) is 0 Å². The van der Waals surface area contributed by atoms with Gasteiger partial charge in [0, 0.05) is 6.42 Å². The molecule has 0 spiro atoms. The van der Waals surface area contributed by atoms with E-state index in [1.807, 2.05) is 0 Å². The van der Waals surface area contributed by atoms with Crippen molar-refractivity contribution in [3.8, 4) is 0 Å². The molecule has 1 N–H and O–H groups in total. The normalized spacial score (nSPS) is 16.6. The monoisotopic (exact) mass is 253 g/mol. The number of nitrogens with one attached hydrogen (secondary N) is 1. The number of carbonyl (C=O) groups excluding carboxylic acids is 1. The topological polar surface area (TPSA) is 47.6 Å². The van der Waals surface area contributed by atoms with E-state index in [0.717, 1.165) is 0 Å². The van der Waals surface area contributed by atoms with Gasteiger partial charge in [-0.05, 0) is 27.8 Å². The van der Waals surface area contributed by atoms with Crippen LogP contribution in [0.1, 0.15) is 27.2 Å². The van der Waals surface area contributed by atoms with Crippen LogP contribution < -0.4 is 5.32 Å². The Kier molecular flexibility index (Phi) is 7.22. The van der Waals surface area contributed by atoms with Gasteiger partial charge in [0.2, 0.25) is 0 Å². The molecule has 17 heavy (non-hydrogen) atoms. The number of esters is 1. The van der Waals surface area contributed by atoms with E-state index in [1.54, 1.807) is 27.8 Å². The van der Waals surface area contributed by atoms with Crippen LogP contribution in [-0.4, -0.2) is 44.3 Å². The number of halogens is 2. The van der Waals surface area contributed by atoms with Crippen LogP contribution in [0, 0.1) is 0 Å². The summed E-state index contributed by atoms with van der Waals surface area (Å²) in [6.07, 6.45) is -2.68. The van der Waals surface area contributed by atoms with Crippen LogP contribution in [-0.2, 0) is 14.3 Å². The molecule has 0 aliphatic rings. The van der Waals surface area contributed by atoms with Gasteiger partial charge in [-0.2, -0.15) is 0 Å². The summed E-state index contributed by atoms with van der Waals surface area (Å²) in [6, 6.07) is 0. The van der Waals surface area contributed by atoms with E-state index in [4.69, 9.17) is 9.47 Å². The van der Waals surface area contributed by atoms with Crippen LogP contribution in [0.4, 0.5) is 8.78 Å². The van der Waals surface area contributed by atoms with Crippen molar-refractivity contribution in [2.45, 2.75) is 45.3 Å². The zero-order chi connectivity index (χ0) is 13.5. The molecule has 0 aromatic heterocycles. The molecule has 0 aliphatic carbocycles. The zero-order valence-electron chi connectivity index (χ0n) is 10.8. The molecular weight excluding hydrogens is 232 g/mol. The molecule has 0 rings (SSSR count). The molecule has 0 bridgehead atoms. The fourth-order valence-electron chi connectivity index (χ4n) is 1.45. The Balaban J connectivity index is 4.31. The number of carbonyl (C=O) groups is 1. The van der Waals surface area contributed by atoms with Crippen molar-refractivity contribution in [2.24, 2.45) is 0 Å². The quantitative estimate of drug-likeness (QED) is 0.667. The summed E-state index contributed by atoms with van der Waals surface area (Å²) in [6.45, 7) is 4.68. The standard InChI is InChI=1S/C11H21F2NO3/c1-5-16-10(15)11(3,14-4)6-8(2)17-7-9(12)13/h8-9,14H,5-7H2,1-4H3. The summed E-state index contributed by atoms with van der Waals surface area (Å²) < 4.78 is 33.8. The molecule has 0 aromatic carbocycles. The Bertz CT molecular complexity index is 239. The maximum atomic E-state index is 12.0. The van der Waals surface area contributed by atoms with Crippen molar-refractivity contribution < 1.29 is 23.0 Å². The summed E-state index contributed by atoms with van der Waals surface area (Å²) in [7, 11) is 1.62. The Morgan fingerprint density at radius 1 is 1.47 bits per heavy atom. The van der Waals surface area contributed by atoms with Crippen molar-refractivity contribution in [3.63, 3.8) is 0 Å². The van der Waals surface area contributed by atoms with Gasteiger partial charge in [0.1, 0.15) is 12.1 Å². The molecule has 2 unspecified atom stereocenters. The van der Waals surface area contributed by atoms with Crippen LogP contribution >= 0.6 is 0 Å². The van der Waals surface area contributed by atoms with Crippen LogP contribution in [0.2, 0.25) is 0 Å². The predicted octanol–water partition coefficient (Wildman–Crippen LogP) is 1.59. The molecule has 0 saturated heterocycles. The van der Waals surface area contributed by atoms with Crippen molar-refractivity contribution in [1.29, 1.82) is 0 Å². The number of hydrogen-bond acceptors (Lipinski definition) is 4. The molecule has 0 fully saturated rings. The van der Waals surface area contributed by atoms with Crippen molar-refractivity contribution in [3.05, 3.63) is 0 Å². The fraction of sp³-hybridized carbons (Fsp3) is 0.909. The van der Waals surface area contributed by atoms with Gasteiger partial charge < -0.3 is 14.8 Å². The number of alkyl halides is 2. The highest BCUT2D eigenvalue weighted by Gasteiger charge is 2.35. The third-order valence-electron chi connectivity index (χ3n) is 2.48. The molecular formula is C11H21F2NO3. The SMILES string of the molecule is CCOC(=O)C(C)(CC(C)OCC(F)F)NC. The van der Waals surface area contributed by atoms with Crippen molar-refractivity contribution >= 4 is 5.97 Å². The maximum Gasteiger partial charge on any atom is 0.326 e. The average molecular weight is 253 g/mol. The highest BCUT2D eigenvalue weighted by Crippen LogP contribution is 2.16. The lowest BCUT2D eigenvalue weighted by Crippen LogP contribution is -2.50. The Morgan fingerprint density at radius 3 is 2.47 bits per heavy atom. The smallest absolute Gasteiger partial charge is 0.326 e. The lowest BCUT2D eigenvalue weighted by Gasteiger charge is -2.29. The lowest BCUT2D eigenvalue weighted by atomic mass is 9.95. The Hall–Kier alpha value is -0.750. The fourth-order valence-corrected chi connectivity index (χ4v) is 1.45. The second-order valence-corrected chi connectivity index (χ2v) is 4.04. The van der Waals surface area contributed by atoms with Gasteiger partial charge in [-0.1, -0.05) is 0 Å². The third-order valence-corrected chi connectivity index (χ3v) is 2.48. The molecule has 0 aliphatic heterocycles. The summed E-state index contributed by atoms with van der Waals surface area (Å²) >= 11 is 0. The van der Waals surface area contributed by atoms with E-state index >= 15 is 0 Å². The second kappa shape index (κ2) is 7.55. The van der Waals surface area contributed by atoms with Crippen LogP contribution in [0.5, 0.6) is 0 Å². The van der Waals surface area contributed by atoms with Crippen LogP contribution in [0.3, 0.4) is 0 Å².